The molecule has 1 aromatic rings. The van der Waals surface area contributed by atoms with Crippen LogP contribution in [-0.4, -0.2) is 79.6 Å². The standard InChI is InChI=1S/C20H32N4O3S/c1-2-28(26,27)24(14-13-22-11-7-4-8-12-22)19-16-23(17-19)20(25)21-15-18-9-5-3-6-10-18/h3,5-6,9-10,19H,2,4,7-8,11-17H2,1H3,(H,21,25). The molecule has 0 atom stereocenters. The van der Waals surface area contributed by atoms with Crippen molar-refractivity contribution in [1.82, 2.24) is 19.4 Å². The first-order valence-electron chi connectivity index (χ1n) is 10.3. The second-order valence-corrected chi connectivity index (χ2v) is 9.83. The molecule has 2 fully saturated rings. The number of rotatable bonds is 8. The molecule has 2 heterocycles. The van der Waals surface area contributed by atoms with Gasteiger partial charge in [-0.05, 0) is 38.4 Å². The number of likely N-dealkylation sites (tertiary alicyclic amines) is 2. The summed E-state index contributed by atoms with van der Waals surface area (Å²) in [5.41, 5.74) is 1.05. The highest BCUT2D eigenvalue weighted by Gasteiger charge is 2.39. The molecular formula is C20H32N4O3S. The van der Waals surface area contributed by atoms with E-state index in [1.807, 2.05) is 30.3 Å². The highest BCUT2D eigenvalue weighted by molar-refractivity contribution is 7.89. The maximum Gasteiger partial charge on any atom is 0.317 e. The molecule has 2 saturated heterocycles. The molecule has 0 spiro atoms. The molecule has 156 valence electrons. The summed E-state index contributed by atoms with van der Waals surface area (Å²) in [4.78, 5) is 16.4. The molecule has 0 aromatic heterocycles. The molecule has 1 aromatic carbocycles. The fourth-order valence-corrected chi connectivity index (χ4v) is 5.11. The van der Waals surface area contributed by atoms with Gasteiger partial charge < -0.3 is 15.1 Å². The minimum atomic E-state index is -3.28. The Kier molecular flexibility index (Phi) is 7.31. The van der Waals surface area contributed by atoms with Crippen molar-refractivity contribution in [2.24, 2.45) is 0 Å². The molecule has 28 heavy (non-hydrogen) atoms. The minimum absolute atomic E-state index is 0.101. The molecule has 0 aliphatic carbocycles. The summed E-state index contributed by atoms with van der Waals surface area (Å²) in [6.45, 7) is 6.48. The van der Waals surface area contributed by atoms with Crippen LogP contribution in [0.25, 0.3) is 0 Å². The third-order valence-corrected chi connectivity index (χ3v) is 7.58. The van der Waals surface area contributed by atoms with E-state index in [4.69, 9.17) is 0 Å². The topological polar surface area (TPSA) is 73.0 Å². The molecule has 2 aliphatic heterocycles. The molecule has 0 bridgehead atoms. The smallest absolute Gasteiger partial charge is 0.317 e. The van der Waals surface area contributed by atoms with Crippen molar-refractivity contribution < 1.29 is 13.2 Å². The molecule has 0 radical (unpaired) electrons. The Morgan fingerprint density at radius 3 is 2.46 bits per heavy atom. The van der Waals surface area contributed by atoms with Gasteiger partial charge in [-0.2, -0.15) is 4.31 Å². The lowest BCUT2D eigenvalue weighted by Crippen LogP contribution is -2.64. The van der Waals surface area contributed by atoms with Crippen LogP contribution < -0.4 is 5.32 Å². The maximum atomic E-state index is 12.6. The summed E-state index contributed by atoms with van der Waals surface area (Å²) in [5.74, 6) is 0.101. The Morgan fingerprint density at radius 2 is 1.82 bits per heavy atom. The average Bonchev–Trinajstić information content (AvgIpc) is 2.69. The van der Waals surface area contributed by atoms with Gasteiger partial charge in [-0.25, -0.2) is 13.2 Å². The van der Waals surface area contributed by atoms with Crippen LogP contribution in [0, 0.1) is 0 Å². The molecule has 0 saturated carbocycles. The van der Waals surface area contributed by atoms with Crippen molar-refractivity contribution in [2.75, 3.05) is 45.0 Å². The fraction of sp³-hybridized carbons (Fsp3) is 0.650. The maximum absolute atomic E-state index is 12.6. The second-order valence-electron chi connectivity index (χ2n) is 7.62. The van der Waals surface area contributed by atoms with Crippen molar-refractivity contribution in [3.63, 3.8) is 0 Å². The third kappa shape index (κ3) is 5.46. The van der Waals surface area contributed by atoms with Crippen LogP contribution in [0.2, 0.25) is 0 Å². The van der Waals surface area contributed by atoms with Gasteiger partial charge in [0.05, 0.1) is 11.8 Å². The number of hydrogen-bond donors (Lipinski definition) is 1. The average molecular weight is 409 g/mol. The van der Waals surface area contributed by atoms with Crippen LogP contribution in [0.15, 0.2) is 30.3 Å². The van der Waals surface area contributed by atoms with Crippen LogP contribution in [0.5, 0.6) is 0 Å². The van der Waals surface area contributed by atoms with E-state index in [1.54, 1.807) is 16.1 Å². The van der Waals surface area contributed by atoms with Crippen LogP contribution in [-0.2, 0) is 16.6 Å². The number of amides is 2. The Bertz CT molecular complexity index is 729. The lowest BCUT2D eigenvalue weighted by molar-refractivity contribution is 0.0933. The number of benzene rings is 1. The summed E-state index contributed by atoms with van der Waals surface area (Å²) in [5, 5.41) is 2.91. The van der Waals surface area contributed by atoms with Gasteiger partial charge in [-0.1, -0.05) is 36.8 Å². The summed E-state index contributed by atoms with van der Waals surface area (Å²) in [7, 11) is -3.28. The number of hydrogen-bond acceptors (Lipinski definition) is 4. The van der Waals surface area contributed by atoms with Gasteiger partial charge in [-0.15, -0.1) is 0 Å². The lowest BCUT2D eigenvalue weighted by atomic mass is 10.1. The predicted molar refractivity (Wildman–Crippen MR) is 110 cm³/mol. The zero-order valence-corrected chi connectivity index (χ0v) is 17.5. The first-order valence-corrected chi connectivity index (χ1v) is 11.9. The third-order valence-electron chi connectivity index (χ3n) is 5.65. The number of nitrogens with one attached hydrogen (secondary N) is 1. The number of carbonyl (C=O) groups is 1. The van der Waals surface area contributed by atoms with Gasteiger partial charge in [0.2, 0.25) is 10.0 Å². The van der Waals surface area contributed by atoms with Gasteiger partial charge in [0, 0.05) is 32.7 Å². The molecule has 3 rings (SSSR count). The molecular weight excluding hydrogens is 376 g/mol. The van der Waals surface area contributed by atoms with E-state index < -0.39 is 10.0 Å². The van der Waals surface area contributed by atoms with Crippen molar-refractivity contribution in [3.8, 4) is 0 Å². The lowest BCUT2D eigenvalue weighted by Gasteiger charge is -2.45. The van der Waals surface area contributed by atoms with Gasteiger partial charge in [0.15, 0.2) is 0 Å². The van der Waals surface area contributed by atoms with E-state index in [0.29, 0.717) is 26.2 Å². The first-order chi connectivity index (χ1) is 13.5. The van der Waals surface area contributed by atoms with Gasteiger partial charge in [0.25, 0.3) is 0 Å². The van der Waals surface area contributed by atoms with Crippen molar-refractivity contribution in [1.29, 1.82) is 0 Å². The zero-order chi connectivity index (χ0) is 20.0. The van der Waals surface area contributed by atoms with Crippen molar-refractivity contribution in [2.45, 2.75) is 38.8 Å². The molecule has 1 N–H and O–H groups in total. The van der Waals surface area contributed by atoms with E-state index in [2.05, 4.69) is 10.2 Å². The zero-order valence-electron chi connectivity index (χ0n) is 16.7. The number of urea groups is 1. The molecule has 7 nitrogen and oxygen atoms in total. The molecule has 0 unspecified atom stereocenters. The monoisotopic (exact) mass is 408 g/mol. The number of nitrogens with zero attached hydrogens (tertiary/aromatic N) is 3. The molecule has 2 aliphatic rings. The largest absolute Gasteiger partial charge is 0.334 e. The van der Waals surface area contributed by atoms with Crippen LogP contribution in [0.3, 0.4) is 0 Å². The SMILES string of the molecule is CCS(=O)(=O)N(CCN1CCCCC1)C1CN(C(=O)NCc2ccccc2)C1. The van der Waals surface area contributed by atoms with E-state index in [1.165, 1.54) is 19.3 Å². The summed E-state index contributed by atoms with van der Waals surface area (Å²) >= 11 is 0. The quantitative estimate of drug-likeness (QED) is 0.711. The molecule has 8 heteroatoms. The first kappa shape index (κ1) is 21.1. The van der Waals surface area contributed by atoms with Crippen LogP contribution in [0.4, 0.5) is 4.79 Å². The Labute approximate surface area is 168 Å². The van der Waals surface area contributed by atoms with Crippen molar-refractivity contribution in [3.05, 3.63) is 35.9 Å². The van der Waals surface area contributed by atoms with E-state index >= 15 is 0 Å². The van der Waals surface area contributed by atoms with Crippen LogP contribution in [0.1, 0.15) is 31.7 Å². The Balaban J connectivity index is 1.49. The van der Waals surface area contributed by atoms with Gasteiger partial charge >= 0.3 is 6.03 Å². The highest BCUT2D eigenvalue weighted by atomic mass is 32.2. The number of carbonyl (C=O) groups excluding carboxylic acids is 1. The second kappa shape index (κ2) is 9.71. The van der Waals surface area contributed by atoms with Crippen molar-refractivity contribution >= 4 is 16.1 Å². The highest BCUT2D eigenvalue weighted by Crippen LogP contribution is 2.20. The van der Waals surface area contributed by atoms with E-state index in [0.717, 1.165) is 25.2 Å². The fourth-order valence-electron chi connectivity index (χ4n) is 3.83. The van der Waals surface area contributed by atoms with Gasteiger partial charge in [0.1, 0.15) is 0 Å². The minimum Gasteiger partial charge on any atom is -0.334 e. The number of sulfonamides is 1. The van der Waals surface area contributed by atoms with E-state index in [-0.39, 0.29) is 17.8 Å². The summed E-state index contributed by atoms with van der Waals surface area (Å²) in [6, 6.07) is 9.51. The molecule has 2 amide bonds. The van der Waals surface area contributed by atoms with Gasteiger partial charge in [-0.3, -0.25) is 0 Å². The summed E-state index contributed by atoms with van der Waals surface area (Å²) in [6.07, 6.45) is 3.65. The van der Waals surface area contributed by atoms with E-state index in [9.17, 15) is 13.2 Å². The summed E-state index contributed by atoms with van der Waals surface area (Å²) < 4.78 is 26.8. The normalized spacial score (nSPS) is 18.9. The Hall–Kier alpha value is -1.64. The predicted octanol–water partition coefficient (Wildman–Crippen LogP) is 1.72. The van der Waals surface area contributed by atoms with Crippen LogP contribution >= 0.6 is 0 Å². The Morgan fingerprint density at radius 1 is 1.14 bits per heavy atom. The number of piperidine rings is 1.